The van der Waals surface area contributed by atoms with Crippen LogP contribution in [0.3, 0.4) is 0 Å². The maximum atomic E-state index is 8.82. The van der Waals surface area contributed by atoms with Crippen molar-refractivity contribution in [2.24, 2.45) is 0 Å². The largest absolute Gasteiger partial charge is 0.245 e. The first-order chi connectivity index (χ1) is 7.70. The molecule has 0 amide bonds. The van der Waals surface area contributed by atoms with Gasteiger partial charge in [-0.25, -0.2) is 4.68 Å². The maximum absolute atomic E-state index is 8.82. The minimum Gasteiger partial charge on any atom is -0.245 e. The molecular weight excluding hydrogens is 224 g/mol. The number of nitrogens with zero attached hydrogens (tertiary/aromatic N) is 4. The second-order valence-corrected chi connectivity index (χ2v) is 4.44. The van der Waals surface area contributed by atoms with Crippen LogP contribution in [-0.4, -0.2) is 20.4 Å². The molecule has 16 heavy (non-hydrogen) atoms. The molecule has 4 nitrogen and oxygen atoms in total. The van der Waals surface area contributed by atoms with E-state index in [2.05, 4.69) is 16.4 Å². The van der Waals surface area contributed by atoms with Gasteiger partial charge in [-0.2, -0.15) is 5.26 Å². The van der Waals surface area contributed by atoms with E-state index in [4.69, 9.17) is 16.9 Å². The lowest BCUT2D eigenvalue weighted by Gasteiger charge is -2.03. The van der Waals surface area contributed by atoms with Crippen molar-refractivity contribution in [1.82, 2.24) is 15.0 Å². The van der Waals surface area contributed by atoms with Gasteiger partial charge in [-0.05, 0) is 31.5 Å². The Kier molecular flexibility index (Phi) is 3.07. The first-order valence-corrected chi connectivity index (χ1v) is 5.52. The number of alkyl halides is 1. The first-order valence-electron chi connectivity index (χ1n) is 5.08. The number of hydrogen-bond acceptors (Lipinski definition) is 3. The molecular formula is C11H11ClN4. The van der Waals surface area contributed by atoms with Crippen molar-refractivity contribution in [2.45, 2.75) is 25.3 Å². The number of benzene rings is 1. The third-order valence-electron chi connectivity index (χ3n) is 2.38. The standard InChI is InChI=1S/C11H11ClN4/c1-8(12)4-5-16-11-6-9(7-13)2-3-10(11)14-15-16/h2-3,6,8H,4-5H2,1H3. The normalized spacial score (nSPS) is 12.6. The Labute approximate surface area is 98.4 Å². The molecule has 0 radical (unpaired) electrons. The molecule has 5 heteroatoms. The summed E-state index contributed by atoms with van der Waals surface area (Å²) in [6, 6.07) is 7.45. The lowest BCUT2D eigenvalue weighted by Crippen LogP contribution is -2.04. The van der Waals surface area contributed by atoms with Crippen molar-refractivity contribution in [2.75, 3.05) is 0 Å². The van der Waals surface area contributed by atoms with Crippen LogP contribution in [0.4, 0.5) is 0 Å². The van der Waals surface area contributed by atoms with E-state index in [0.29, 0.717) is 5.56 Å². The minimum atomic E-state index is 0.110. The molecule has 1 unspecified atom stereocenters. The molecule has 1 aromatic carbocycles. The topological polar surface area (TPSA) is 54.5 Å². The van der Waals surface area contributed by atoms with Gasteiger partial charge in [0.2, 0.25) is 0 Å². The van der Waals surface area contributed by atoms with Gasteiger partial charge in [0, 0.05) is 11.9 Å². The highest BCUT2D eigenvalue weighted by Crippen LogP contribution is 2.14. The molecule has 0 saturated carbocycles. The first kappa shape index (κ1) is 10.9. The molecule has 1 heterocycles. The molecule has 82 valence electrons. The Bertz CT molecular complexity index is 538. The van der Waals surface area contributed by atoms with Crippen LogP contribution in [0, 0.1) is 11.3 Å². The van der Waals surface area contributed by atoms with E-state index in [1.54, 1.807) is 16.8 Å². The minimum absolute atomic E-state index is 0.110. The Hall–Kier alpha value is -1.60. The Morgan fingerprint density at radius 3 is 3.06 bits per heavy atom. The summed E-state index contributed by atoms with van der Waals surface area (Å²) in [5.41, 5.74) is 2.31. The molecule has 0 bridgehead atoms. The summed E-state index contributed by atoms with van der Waals surface area (Å²) in [6.07, 6.45) is 0.830. The van der Waals surface area contributed by atoms with Crippen LogP contribution in [0.1, 0.15) is 18.9 Å². The highest BCUT2D eigenvalue weighted by molar-refractivity contribution is 6.20. The highest BCUT2D eigenvalue weighted by atomic mass is 35.5. The third-order valence-corrected chi connectivity index (χ3v) is 2.60. The zero-order chi connectivity index (χ0) is 11.5. The van der Waals surface area contributed by atoms with Crippen LogP contribution in [0.25, 0.3) is 11.0 Å². The van der Waals surface area contributed by atoms with Gasteiger partial charge in [0.25, 0.3) is 0 Å². The van der Waals surface area contributed by atoms with Gasteiger partial charge < -0.3 is 0 Å². The van der Waals surface area contributed by atoms with Crippen molar-refractivity contribution < 1.29 is 0 Å². The average molecular weight is 235 g/mol. The quantitative estimate of drug-likeness (QED) is 0.766. The molecule has 2 aromatic rings. The fraction of sp³-hybridized carbons (Fsp3) is 0.364. The van der Waals surface area contributed by atoms with Gasteiger partial charge in [0.05, 0.1) is 17.1 Å². The zero-order valence-corrected chi connectivity index (χ0v) is 9.65. The summed E-state index contributed by atoms with van der Waals surface area (Å²) in [5, 5.41) is 17.0. The van der Waals surface area contributed by atoms with Crippen LogP contribution in [0.2, 0.25) is 0 Å². The molecule has 0 aliphatic rings. The Balaban J connectivity index is 2.35. The predicted molar refractivity (Wildman–Crippen MR) is 62.2 cm³/mol. The van der Waals surface area contributed by atoms with Gasteiger partial charge in [-0.15, -0.1) is 16.7 Å². The average Bonchev–Trinajstić information content (AvgIpc) is 2.68. The number of aromatic nitrogens is 3. The van der Waals surface area contributed by atoms with E-state index in [9.17, 15) is 0 Å². The third kappa shape index (κ3) is 2.15. The molecule has 0 N–H and O–H groups in total. The van der Waals surface area contributed by atoms with E-state index < -0.39 is 0 Å². The van der Waals surface area contributed by atoms with Gasteiger partial charge >= 0.3 is 0 Å². The highest BCUT2D eigenvalue weighted by Gasteiger charge is 2.06. The molecule has 0 spiro atoms. The number of hydrogen-bond donors (Lipinski definition) is 0. The van der Waals surface area contributed by atoms with Crippen LogP contribution < -0.4 is 0 Å². The lowest BCUT2D eigenvalue weighted by atomic mass is 10.2. The summed E-state index contributed by atoms with van der Waals surface area (Å²) in [5.74, 6) is 0. The molecule has 0 saturated heterocycles. The van der Waals surface area contributed by atoms with Gasteiger partial charge in [0.1, 0.15) is 5.52 Å². The zero-order valence-electron chi connectivity index (χ0n) is 8.89. The molecule has 1 atom stereocenters. The summed E-state index contributed by atoms with van der Waals surface area (Å²) < 4.78 is 1.79. The predicted octanol–water partition coefficient (Wildman–Crippen LogP) is 2.32. The SMILES string of the molecule is CC(Cl)CCn1nnc2ccc(C#N)cc21. The van der Waals surface area contributed by atoms with Gasteiger partial charge in [0.15, 0.2) is 0 Å². The van der Waals surface area contributed by atoms with Crippen molar-refractivity contribution in [3.05, 3.63) is 23.8 Å². The lowest BCUT2D eigenvalue weighted by molar-refractivity contribution is 0.570. The van der Waals surface area contributed by atoms with Crippen molar-refractivity contribution >= 4 is 22.6 Å². The summed E-state index contributed by atoms with van der Waals surface area (Å²) in [7, 11) is 0. The Morgan fingerprint density at radius 1 is 1.56 bits per heavy atom. The summed E-state index contributed by atoms with van der Waals surface area (Å²) in [4.78, 5) is 0. The fourth-order valence-electron chi connectivity index (χ4n) is 1.50. The number of aryl methyl sites for hydroxylation is 1. The van der Waals surface area contributed by atoms with Crippen LogP contribution in [0.5, 0.6) is 0 Å². The Morgan fingerprint density at radius 2 is 2.38 bits per heavy atom. The smallest absolute Gasteiger partial charge is 0.113 e. The number of nitriles is 1. The van der Waals surface area contributed by atoms with Crippen LogP contribution >= 0.6 is 11.6 Å². The number of fused-ring (bicyclic) bond motifs is 1. The molecule has 2 rings (SSSR count). The van der Waals surface area contributed by atoms with Gasteiger partial charge in [-0.3, -0.25) is 0 Å². The van der Waals surface area contributed by atoms with E-state index in [1.165, 1.54) is 0 Å². The summed E-state index contributed by atoms with van der Waals surface area (Å²) >= 11 is 5.89. The van der Waals surface area contributed by atoms with Crippen molar-refractivity contribution in [3.63, 3.8) is 0 Å². The summed E-state index contributed by atoms with van der Waals surface area (Å²) in [6.45, 7) is 2.66. The fourth-order valence-corrected chi connectivity index (χ4v) is 1.60. The number of halogens is 1. The van der Waals surface area contributed by atoms with Crippen molar-refractivity contribution in [3.8, 4) is 6.07 Å². The second kappa shape index (κ2) is 4.50. The number of rotatable bonds is 3. The van der Waals surface area contributed by atoms with E-state index >= 15 is 0 Å². The van der Waals surface area contributed by atoms with Gasteiger partial charge in [-0.1, -0.05) is 5.21 Å². The molecule has 0 aliphatic heterocycles. The van der Waals surface area contributed by atoms with E-state index in [-0.39, 0.29) is 5.38 Å². The van der Waals surface area contributed by atoms with E-state index in [0.717, 1.165) is 24.0 Å². The second-order valence-electron chi connectivity index (χ2n) is 3.70. The monoisotopic (exact) mass is 234 g/mol. The molecule has 0 fully saturated rings. The van der Waals surface area contributed by atoms with Crippen molar-refractivity contribution in [1.29, 1.82) is 5.26 Å². The van der Waals surface area contributed by atoms with E-state index in [1.807, 2.05) is 13.0 Å². The van der Waals surface area contributed by atoms with Crippen LogP contribution in [-0.2, 0) is 6.54 Å². The maximum Gasteiger partial charge on any atom is 0.113 e. The van der Waals surface area contributed by atoms with Crippen LogP contribution in [0.15, 0.2) is 18.2 Å². The molecule has 0 aliphatic carbocycles. The molecule has 1 aromatic heterocycles.